The van der Waals surface area contributed by atoms with E-state index in [0.29, 0.717) is 48.3 Å². The zero-order chi connectivity index (χ0) is 20.1. The number of amides is 1. The van der Waals surface area contributed by atoms with E-state index in [1.165, 1.54) is 4.31 Å². The lowest BCUT2D eigenvalue weighted by Crippen LogP contribution is -2.40. The molecule has 0 aromatic heterocycles. The van der Waals surface area contributed by atoms with Gasteiger partial charge in [-0.1, -0.05) is 23.7 Å². The van der Waals surface area contributed by atoms with Gasteiger partial charge in [0.15, 0.2) is 0 Å². The zero-order valence-corrected chi connectivity index (χ0v) is 17.0. The van der Waals surface area contributed by atoms with E-state index < -0.39 is 10.0 Å². The molecule has 0 bridgehead atoms. The highest BCUT2D eigenvalue weighted by Gasteiger charge is 2.27. The second-order valence-corrected chi connectivity index (χ2v) is 8.75. The van der Waals surface area contributed by atoms with Crippen LogP contribution in [0.4, 0.5) is 11.4 Å². The highest BCUT2D eigenvalue weighted by Crippen LogP contribution is 2.24. The van der Waals surface area contributed by atoms with Gasteiger partial charge in [-0.25, -0.2) is 8.42 Å². The SMILES string of the molecule is Cc1ccc(NCC(=O)Nc2cccc(Cl)c2)cc1S(=O)(=O)N1CCOCC1. The summed E-state index contributed by atoms with van der Waals surface area (Å²) in [6, 6.07) is 11.9. The molecule has 2 aromatic rings. The van der Waals surface area contributed by atoms with Crippen molar-refractivity contribution in [2.75, 3.05) is 43.5 Å². The third kappa shape index (κ3) is 5.02. The fourth-order valence-corrected chi connectivity index (χ4v) is 4.72. The molecule has 150 valence electrons. The van der Waals surface area contributed by atoms with Crippen molar-refractivity contribution >= 4 is 38.9 Å². The van der Waals surface area contributed by atoms with Crippen LogP contribution in [0.15, 0.2) is 47.4 Å². The first-order valence-electron chi connectivity index (χ1n) is 8.84. The summed E-state index contributed by atoms with van der Waals surface area (Å²) in [6.45, 7) is 3.19. The molecule has 1 aliphatic rings. The predicted octanol–water partition coefficient (Wildman–Crippen LogP) is 2.72. The van der Waals surface area contributed by atoms with Crippen molar-refractivity contribution in [3.05, 3.63) is 53.1 Å². The van der Waals surface area contributed by atoms with E-state index in [9.17, 15) is 13.2 Å². The molecule has 3 rings (SSSR count). The molecule has 0 saturated carbocycles. The lowest BCUT2D eigenvalue weighted by Gasteiger charge is -2.27. The molecule has 9 heteroatoms. The number of benzene rings is 2. The number of hydrogen-bond donors (Lipinski definition) is 2. The van der Waals surface area contributed by atoms with Crippen molar-refractivity contribution in [2.24, 2.45) is 0 Å². The molecule has 0 radical (unpaired) electrons. The molecule has 2 N–H and O–H groups in total. The highest BCUT2D eigenvalue weighted by atomic mass is 35.5. The Balaban J connectivity index is 1.68. The van der Waals surface area contributed by atoms with E-state index in [2.05, 4.69) is 10.6 Å². The van der Waals surface area contributed by atoms with E-state index in [-0.39, 0.29) is 17.3 Å². The number of rotatable bonds is 6. The van der Waals surface area contributed by atoms with Gasteiger partial charge in [0.25, 0.3) is 0 Å². The van der Waals surface area contributed by atoms with Crippen LogP contribution in [0.1, 0.15) is 5.56 Å². The zero-order valence-electron chi connectivity index (χ0n) is 15.4. The normalized spacial score (nSPS) is 15.2. The number of carbonyl (C=O) groups excluding carboxylic acids is 1. The quantitative estimate of drug-likeness (QED) is 0.745. The molecule has 28 heavy (non-hydrogen) atoms. The maximum absolute atomic E-state index is 12.9. The van der Waals surface area contributed by atoms with Gasteiger partial charge in [0.2, 0.25) is 15.9 Å². The van der Waals surface area contributed by atoms with Gasteiger partial charge < -0.3 is 15.4 Å². The van der Waals surface area contributed by atoms with Gasteiger partial charge in [-0.2, -0.15) is 4.31 Å². The second kappa shape index (κ2) is 8.91. The lowest BCUT2D eigenvalue weighted by atomic mass is 10.2. The summed E-state index contributed by atoms with van der Waals surface area (Å²) in [5, 5.41) is 6.23. The number of anilines is 2. The average Bonchev–Trinajstić information content (AvgIpc) is 2.68. The molecule has 1 heterocycles. The van der Waals surface area contributed by atoms with Crippen LogP contribution >= 0.6 is 11.6 Å². The average molecular weight is 424 g/mol. The van der Waals surface area contributed by atoms with Gasteiger partial charge in [-0.3, -0.25) is 4.79 Å². The number of sulfonamides is 1. The Hall–Kier alpha value is -2.13. The van der Waals surface area contributed by atoms with E-state index in [1.54, 1.807) is 49.4 Å². The summed E-state index contributed by atoms with van der Waals surface area (Å²) >= 11 is 5.90. The van der Waals surface area contributed by atoms with Gasteiger partial charge in [-0.05, 0) is 42.8 Å². The third-order valence-electron chi connectivity index (χ3n) is 4.34. The summed E-state index contributed by atoms with van der Waals surface area (Å²) in [4.78, 5) is 12.4. The molecule has 1 aliphatic heterocycles. The Kier molecular flexibility index (Phi) is 6.56. The van der Waals surface area contributed by atoms with E-state index in [1.807, 2.05) is 0 Å². The number of nitrogens with one attached hydrogen (secondary N) is 2. The number of halogens is 1. The predicted molar refractivity (Wildman–Crippen MR) is 109 cm³/mol. The Labute approximate surface area is 169 Å². The van der Waals surface area contributed by atoms with Crippen LogP contribution in [0.5, 0.6) is 0 Å². The summed E-state index contributed by atoms with van der Waals surface area (Å²) in [7, 11) is -3.61. The van der Waals surface area contributed by atoms with Crippen molar-refractivity contribution in [2.45, 2.75) is 11.8 Å². The first-order valence-corrected chi connectivity index (χ1v) is 10.7. The van der Waals surface area contributed by atoms with Crippen molar-refractivity contribution in [3.63, 3.8) is 0 Å². The van der Waals surface area contributed by atoms with Crippen LogP contribution in [0.2, 0.25) is 5.02 Å². The third-order valence-corrected chi connectivity index (χ3v) is 6.61. The molecule has 1 amide bonds. The molecular formula is C19H22ClN3O4S. The summed E-state index contributed by atoms with van der Waals surface area (Å²) in [6.07, 6.45) is 0. The second-order valence-electron chi connectivity index (χ2n) is 6.41. The first-order chi connectivity index (χ1) is 13.4. The van der Waals surface area contributed by atoms with E-state index in [0.717, 1.165) is 0 Å². The number of aryl methyl sites for hydroxylation is 1. The minimum Gasteiger partial charge on any atom is -0.379 e. The molecule has 2 aromatic carbocycles. The summed E-state index contributed by atoms with van der Waals surface area (Å²) < 4.78 is 32.5. The van der Waals surface area contributed by atoms with Gasteiger partial charge in [0, 0.05) is 29.5 Å². The Morgan fingerprint density at radius 3 is 2.61 bits per heavy atom. The number of morpholine rings is 1. The smallest absolute Gasteiger partial charge is 0.243 e. The van der Waals surface area contributed by atoms with Crippen molar-refractivity contribution in [1.29, 1.82) is 0 Å². The fourth-order valence-electron chi connectivity index (χ4n) is 2.87. The standard InChI is InChI=1S/C19H22ClN3O4S/c1-14-5-6-16(12-18(14)28(25,26)23-7-9-27-10-8-23)21-13-19(24)22-17-4-2-3-15(20)11-17/h2-6,11-12,21H,7-10,13H2,1H3,(H,22,24). The number of hydrogen-bond acceptors (Lipinski definition) is 5. The van der Waals surface area contributed by atoms with Crippen LogP contribution in [-0.4, -0.2) is 51.5 Å². The number of nitrogens with zero attached hydrogens (tertiary/aromatic N) is 1. The van der Waals surface area contributed by atoms with Crippen LogP contribution in [0.25, 0.3) is 0 Å². The van der Waals surface area contributed by atoms with Gasteiger partial charge >= 0.3 is 0 Å². The molecule has 1 fully saturated rings. The summed E-state index contributed by atoms with van der Waals surface area (Å²) in [5.74, 6) is -0.263. The fraction of sp³-hybridized carbons (Fsp3) is 0.316. The molecule has 0 spiro atoms. The van der Waals surface area contributed by atoms with Crippen LogP contribution in [-0.2, 0) is 19.6 Å². The Bertz CT molecular complexity index is 959. The Morgan fingerprint density at radius 2 is 1.89 bits per heavy atom. The Morgan fingerprint density at radius 1 is 1.14 bits per heavy atom. The molecule has 1 saturated heterocycles. The van der Waals surface area contributed by atoms with Crippen molar-refractivity contribution in [1.82, 2.24) is 4.31 Å². The summed E-state index contributed by atoms with van der Waals surface area (Å²) in [5.41, 5.74) is 1.80. The molecule has 0 unspecified atom stereocenters. The largest absolute Gasteiger partial charge is 0.379 e. The minimum atomic E-state index is -3.61. The van der Waals surface area contributed by atoms with Gasteiger partial charge in [-0.15, -0.1) is 0 Å². The maximum atomic E-state index is 12.9. The molecular weight excluding hydrogens is 402 g/mol. The number of ether oxygens (including phenoxy) is 1. The van der Waals surface area contributed by atoms with Crippen LogP contribution < -0.4 is 10.6 Å². The van der Waals surface area contributed by atoms with E-state index in [4.69, 9.17) is 16.3 Å². The molecule has 0 atom stereocenters. The lowest BCUT2D eigenvalue weighted by molar-refractivity contribution is -0.114. The van der Waals surface area contributed by atoms with E-state index >= 15 is 0 Å². The van der Waals surface area contributed by atoms with Gasteiger partial charge in [0.05, 0.1) is 24.7 Å². The molecule has 0 aliphatic carbocycles. The first kappa shape index (κ1) is 20.6. The molecule has 7 nitrogen and oxygen atoms in total. The minimum absolute atomic E-state index is 0.00733. The number of carbonyl (C=O) groups is 1. The highest BCUT2D eigenvalue weighted by molar-refractivity contribution is 7.89. The maximum Gasteiger partial charge on any atom is 0.243 e. The van der Waals surface area contributed by atoms with Crippen molar-refractivity contribution in [3.8, 4) is 0 Å². The van der Waals surface area contributed by atoms with Crippen molar-refractivity contribution < 1.29 is 17.9 Å². The topological polar surface area (TPSA) is 87.7 Å². The van der Waals surface area contributed by atoms with Crippen LogP contribution in [0, 0.1) is 6.92 Å². The van der Waals surface area contributed by atoms with Gasteiger partial charge in [0.1, 0.15) is 0 Å². The monoisotopic (exact) mass is 423 g/mol. The van der Waals surface area contributed by atoms with Crippen LogP contribution in [0.3, 0.4) is 0 Å².